The molecule has 1 saturated heterocycles. The van der Waals surface area contributed by atoms with E-state index in [1.165, 1.54) is 0 Å². The third-order valence-corrected chi connectivity index (χ3v) is 4.27. The maximum Gasteiger partial charge on any atom is 0.252 e. The highest BCUT2D eigenvalue weighted by Crippen LogP contribution is 2.45. The van der Waals surface area contributed by atoms with Gasteiger partial charge in [0.25, 0.3) is 5.91 Å². The van der Waals surface area contributed by atoms with Crippen LogP contribution in [0.4, 0.5) is 0 Å². The number of aromatic hydroxyl groups is 1. The number of hydrogen-bond donors (Lipinski definition) is 3. The SMILES string of the molecule is C=C/C=C1\C(=C/C)C(=O)NC1(/C(C=C)=C/C=C(\C)O)c1ccc(O)cc1. The Morgan fingerprint density at radius 3 is 2.35 bits per heavy atom. The molecule has 0 bridgehead atoms. The Balaban J connectivity index is 2.88. The number of carbonyl (C=O) groups excluding carboxylic acids is 1. The Morgan fingerprint density at radius 2 is 1.85 bits per heavy atom. The number of rotatable bonds is 5. The van der Waals surface area contributed by atoms with Gasteiger partial charge in [0.1, 0.15) is 11.3 Å². The highest BCUT2D eigenvalue weighted by atomic mass is 16.3. The van der Waals surface area contributed by atoms with Crippen LogP contribution in [0, 0.1) is 0 Å². The molecule has 134 valence electrons. The second kappa shape index (κ2) is 7.74. The van der Waals surface area contributed by atoms with Crippen LogP contribution in [0.5, 0.6) is 5.75 Å². The molecule has 4 nitrogen and oxygen atoms in total. The second-order valence-corrected chi connectivity index (χ2v) is 5.90. The van der Waals surface area contributed by atoms with Crippen molar-refractivity contribution in [3.8, 4) is 5.75 Å². The van der Waals surface area contributed by atoms with Gasteiger partial charge in [0.15, 0.2) is 0 Å². The third kappa shape index (κ3) is 3.26. The van der Waals surface area contributed by atoms with Crippen LogP contribution >= 0.6 is 0 Å². The lowest BCUT2D eigenvalue weighted by molar-refractivity contribution is -0.117. The summed E-state index contributed by atoms with van der Waals surface area (Å²) >= 11 is 0. The van der Waals surface area contributed by atoms with Crippen LogP contribution in [0.2, 0.25) is 0 Å². The highest BCUT2D eigenvalue weighted by molar-refractivity contribution is 6.04. The molecule has 0 spiro atoms. The molecule has 26 heavy (non-hydrogen) atoms. The molecule has 0 radical (unpaired) electrons. The molecule has 2 rings (SSSR count). The number of aliphatic hydroxyl groups excluding tert-OH is 1. The first kappa shape index (κ1) is 19.1. The van der Waals surface area contributed by atoms with Gasteiger partial charge in [0.2, 0.25) is 0 Å². The van der Waals surface area contributed by atoms with Gasteiger partial charge in [-0.25, -0.2) is 0 Å². The first-order valence-electron chi connectivity index (χ1n) is 8.23. The van der Waals surface area contributed by atoms with Crippen LogP contribution in [0.3, 0.4) is 0 Å². The fraction of sp³-hybridized carbons (Fsp3) is 0.136. The zero-order valence-electron chi connectivity index (χ0n) is 15.0. The first-order chi connectivity index (χ1) is 12.4. The number of nitrogens with one attached hydrogen (secondary N) is 1. The lowest BCUT2D eigenvalue weighted by Gasteiger charge is -2.33. The van der Waals surface area contributed by atoms with Crippen molar-refractivity contribution in [2.75, 3.05) is 0 Å². The van der Waals surface area contributed by atoms with Crippen LogP contribution in [0.25, 0.3) is 0 Å². The lowest BCUT2D eigenvalue weighted by Crippen LogP contribution is -2.41. The van der Waals surface area contributed by atoms with Crippen molar-refractivity contribution in [3.63, 3.8) is 0 Å². The minimum atomic E-state index is -1.01. The van der Waals surface area contributed by atoms with Gasteiger partial charge >= 0.3 is 0 Å². The molecule has 0 aromatic heterocycles. The molecule has 1 atom stereocenters. The largest absolute Gasteiger partial charge is 0.513 e. The first-order valence-corrected chi connectivity index (χ1v) is 8.23. The fourth-order valence-electron chi connectivity index (χ4n) is 3.14. The summed E-state index contributed by atoms with van der Waals surface area (Å²) in [5, 5.41) is 22.3. The normalized spacial score (nSPS) is 24.0. The molecule has 3 N–H and O–H groups in total. The van der Waals surface area contributed by atoms with Gasteiger partial charge in [-0.2, -0.15) is 0 Å². The average molecular weight is 349 g/mol. The number of amides is 1. The van der Waals surface area contributed by atoms with Crippen LogP contribution in [-0.4, -0.2) is 16.1 Å². The van der Waals surface area contributed by atoms with E-state index >= 15 is 0 Å². The number of carbonyl (C=O) groups is 1. The van der Waals surface area contributed by atoms with Crippen molar-refractivity contribution >= 4 is 5.91 Å². The summed E-state index contributed by atoms with van der Waals surface area (Å²) in [5.41, 5.74) is 1.68. The molecule has 1 amide bonds. The minimum Gasteiger partial charge on any atom is -0.513 e. The van der Waals surface area contributed by atoms with E-state index in [1.807, 2.05) is 0 Å². The Bertz CT molecular complexity index is 850. The minimum absolute atomic E-state index is 0.129. The molecule has 1 aliphatic rings. The molecular formula is C22H23NO3. The van der Waals surface area contributed by atoms with E-state index in [1.54, 1.807) is 74.6 Å². The fourth-order valence-corrected chi connectivity index (χ4v) is 3.14. The molecule has 1 heterocycles. The summed E-state index contributed by atoms with van der Waals surface area (Å²) in [5.74, 6) is 0.0464. The zero-order valence-corrected chi connectivity index (χ0v) is 15.0. The van der Waals surface area contributed by atoms with Crippen molar-refractivity contribution in [1.29, 1.82) is 0 Å². The van der Waals surface area contributed by atoms with E-state index in [2.05, 4.69) is 18.5 Å². The van der Waals surface area contributed by atoms with Gasteiger partial charge in [-0.15, -0.1) is 0 Å². The average Bonchev–Trinajstić information content (AvgIpc) is 2.88. The van der Waals surface area contributed by atoms with Crippen molar-refractivity contribution < 1.29 is 15.0 Å². The number of aliphatic hydroxyl groups is 1. The Kier molecular flexibility index (Phi) is 5.68. The molecule has 1 fully saturated rings. The van der Waals surface area contributed by atoms with Crippen molar-refractivity contribution in [2.24, 2.45) is 0 Å². The molecule has 1 unspecified atom stereocenters. The van der Waals surface area contributed by atoms with Crippen LogP contribution in [0.15, 0.2) is 96.4 Å². The Labute approximate surface area is 153 Å². The number of hydrogen-bond acceptors (Lipinski definition) is 3. The van der Waals surface area contributed by atoms with Crippen molar-refractivity contribution in [3.05, 3.63) is 102 Å². The predicted molar refractivity (Wildman–Crippen MR) is 105 cm³/mol. The molecule has 1 aromatic carbocycles. The quantitative estimate of drug-likeness (QED) is 0.420. The molecule has 1 aromatic rings. The van der Waals surface area contributed by atoms with Gasteiger partial charge in [-0.1, -0.05) is 55.7 Å². The summed E-state index contributed by atoms with van der Waals surface area (Å²) in [4.78, 5) is 12.7. The highest BCUT2D eigenvalue weighted by Gasteiger charge is 2.48. The predicted octanol–water partition coefficient (Wildman–Crippen LogP) is 4.35. The molecule has 0 saturated carbocycles. The molecule has 1 aliphatic heterocycles. The summed E-state index contributed by atoms with van der Waals surface area (Å²) < 4.78 is 0. The number of allylic oxidation sites excluding steroid dienone is 6. The lowest BCUT2D eigenvalue weighted by atomic mass is 9.76. The summed E-state index contributed by atoms with van der Waals surface area (Å²) in [6, 6.07) is 6.63. The second-order valence-electron chi connectivity index (χ2n) is 5.90. The molecular weight excluding hydrogens is 326 g/mol. The topological polar surface area (TPSA) is 69.6 Å². The van der Waals surface area contributed by atoms with Crippen molar-refractivity contribution in [2.45, 2.75) is 19.4 Å². The van der Waals surface area contributed by atoms with Crippen LogP contribution < -0.4 is 5.32 Å². The van der Waals surface area contributed by atoms with Gasteiger partial charge in [-0.3, -0.25) is 4.79 Å². The number of benzene rings is 1. The van der Waals surface area contributed by atoms with Gasteiger partial charge in [0, 0.05) is 5.57 Å². The summed E-state index contributed by atoms with van der Waals surface area (Å²) in [7, 11) is 0. The van der Waals surface area contributed by atoms with Gasteiger partial charge in [0.05, 0.1) is 5.76 Å². The van der Waals surface area contributed by atoms with E-state index in [-0.39, 0.29) is 17.4 Å². The third-order valence-electron chi connectivity index (χ3n) is 4.27. The Morgan fingerprint density at radius 1 is 1.19 bits per heavy atom. The van der Waals surface area contributed by atoms with Crippen molar-refractivity contribution in [1.82, 2.24) is 5.32 Å². The number of phenolic OH excluding ortho intramolecular Hbond substituents is 1. The summed E-state index contributed by atoms with van der Waals surface area (Å²) in [6.07, 6.45) is 10.1. The Hall–Kier alpha value is -3.27. The molecule has 4 heteroatoms. The van der Waals surface area contributed by atoms with E-state index in [0.717, 1.165) is 11.1 Å². The van der Waals surface area contributed by atoms with Crippen LogP contribution in [0.1, 0.15) is 19.4 Å². The van der Waals surface area contributed by atoms with E-state index < -0.39 is 5.54 Å². The van der Waals surface area contributed by atoms with Crippen LogP contribution in [-0.2, 0) is 10.3 Å². The van der Waals surface area contributed by atoms with Gasteiger partial charge < -0.3 is 15.5 Å². The zero-order chi connectivity index (χ0) is 19.3. The maximum atomic E-state index is 12.7. The van der Waals surface area contributed by atoms with E-state index in [0.29, 0.717) is 11.1 Å². The monoisotopic (exact) mass is 349 g/mol. The maximum absolute atomic E-state index is 12.7. The van der Waals surface area contributed by atoms with E-state index in [4.69, 9.17) is 0 Å². The molecule has 0 aliphatic carbocycles. The van der Waals surface area contributed by atoms with Gasteiger partial charge in [-0.05, 0) is 48.8 Å². The smallest absolute Gasteiger partial charge is 0.252 e. The number of phenols is 1. The standard InChI is InChI=1S/C22H23NO3/c1-5-8-20-19(7-3)21(26)23-22(20,16(6-2)10-9-15(4)24)17-11-13-18(25)14-12-17/h5-14,24-25H,1-2H2,3-4H3,(H,23,26)/b15-9+,16-10+,19-7+,20-8+. The summed E-state index contributed by atoms with van der Waals surface area (Å²) in [6.45, 7) is 11.0. The van der Waals surface area contributed by atoms with E-state index in [9.17, 15) is 15.0 Å².